The molecule has 1 atom stereocenters. The summed E-state index contributed by atoms with van der Waals surface area (Å²) in [5.41, 5.74) is 0. The van der Waals surface area contributed by atoms with Gasteiger partial charge in [0.2, 0.25) is 5.78 Å². The highest BCUT2D eigenvalue weighted by Crippen LogP contribution is 2.50. The van der Waals surface area contributed by atoms with Gasteiger partial charge in [-0.2, -0.15) is 0 Å². The number of esters is 1. The Kier molecular flexibility index (Phi) is 5.17. The van der Waals surface area contributed by atoms with Gasteiger partial charge in [-0.15, -0.1) is 0 Å². The number of likely N-dealkylation sites (N-methyl/N-ethyl adjacent to an activating group) is 1. The van der Waals surface area contributed by atoms with Gasteiger partial charge < -0.3 is 13.8 Å². The van der Waals surface area contributed by atoms with Crippen LogP contribution in [0.3, 0.4) is 0 Å². The number of methoxy groups -OCH3 is 1. The Morgan fingerprint density at radius 3 is 2.00 bits per heavy atom. The molecule has 0 saturated carbocycles. The van der Waals surface area contributed by atoms with Crippen LogP contribution >= 0.6 is 7.60 Å². The van der Waals surface area contributed by atoms with E-state index in [0.717, 1.165) is 0 Å². The third-order valence-electron chi connectivity index (χ3n) is 1.52. The maximum atomic E-state index is 11.7. The topological polar surface area (TPSA) is 73.9 Å². The maximum Gasteiger partial charge on any atom is 0.358 e. The van der Waals surface area contributed by atoms with Gasteiger partial charge in [0, 0.05) is 14.2 Å². The standard InChI is InChI=1S/C6H14NO5P/c1-7-5(6(8)10-2)13(9,11-3)12-4/h5,7H,1-4H3. The first-order valence-electron chi connectivity index (χ1n) is 3.52. The van der Waals surface area contributed by atoms with Crippen LogP contribution < -0.4 is 5.32 Å². The summed E-state index contributed by atoms with van der Waals surface area (Å²) in [6.45, 7) is 0. The van der Waals surface area contributed by atoms with Crippen LogP contribution in [0, 0.1) is 0 Å². The lowest BCUT2D eigenvalue weighted by atomic mass is 10.6. The lowest BCUT2D eigenvalue weighted by molar-refractivity contribution is -0.141. The lowest BCUT2D eigenvalue weighted by Crippen LogP contribution is -2.35. The molecule has 78 valence electrons. The summed E-state index contributed by atoms with van der Waals surface area (Å²) in [6.07, 6.45) is 0. The zero-order valence-corrected chi connectivity index (χ0v) is 8.96. The van der Waals surface area contributed by atoms with Gasteiger partial charge in [0.1, 0.15) is 0 Å². The van der Waals surface area contributed by atoms with Crippen LogP contribution in [0.1, 0.15) is 0 Å². The molecule has 0 radical (unpaired) electrons. The fourth-order valence-corrected chi connectivity index (χ4v) is 2.05. The highest BCUT2D eigenvalue weighted by molar-refractivity contribution is 7.55. The molecule has 0 aliphatic rings. The predicted molar refractivity (Wildman–Crippen MR) is 46.5 cm³/mol. The summed E-state index contributed by atoms with van der Waals surface area (Å²) in [7, 11) is 1.62. The maximum absolute atomic E-state index is 11.7. The molecule has 0 saturated heterocycles. The second-order valence-corrected chi connectivity index (χ2v) is 4.45. The first kappa shape index (κ1) is 12.6. The molecule has 0 aromatic rings. The van der Waals surface area contributed by atoms with Gasteiger partial charge in [-0.1, -0.05) is 0 Å². The van der Waals surface area contributed by atoms with E-state index in [1.165, 1.54) is 28.4 Å². The average Bonchev–Trinajstić information content (AvgIpc) is 2.18. The highest BCUT2D eigenvalue weighted by atomic mass is 31.2. The Bertz CT molecular complexity index is 211. The number of hydrogen-bond donors (Lipinski definition) is 1. The van der Waals surface area contributed by atoms with Crippen LogP contribution in [-0.4, -0.2) is 40.1 Å². The van der Waals surface area contributed by atoms with E-state index in [9.17, 15) is 9.36 Å². The second-order valence-electron chi connectivity index (χ2n) is 2.12. The summed E-state index contributed by atoms with van der Waals surface area (Å²) in [5, 5.41) is 2.51. The minimum atomic E-state index is -3.45. The van der Waals surface area contributed by atoms with Gasteiger partial charge in [-0.05, 0) is 7.05 Å². The zero-order chi connectivity index (χ0) is 10.5. The first-order valence-corrected chi connectivity index (χ1v) is 5.13. The Balaban J connectivity index is 4.73. The zero-order valence-electron chi connectivity index (χ0n) is 8.07. The number of nitrogens with one attached hydrogen (secondary N) is 1. The summed E-state index contributed by atoms with van der Waals surface area (Å²) in [5.74, 6) is -1.78. The molecule has 7 heteroatoms. The number of ether oxygens (including phenoxy) is 1. The van der Waals surface area contributed by atoms with Crippen molar-refractivity contribution < 1.29 is 23.1 Å². The average molecular weight is 211 g/mol. The monoisotopic (exact) mass is 211 g/mol. The van der Waals surface area contributed by atoms with Gasteiger partial charge in [0.15, 0.2) is 0 Å². The molecular formula is C6H14NO5P. The summed E-state index contributed by atoms with van der Waals surface area (Å²) >= 11 is 0. The Morgan fingerprint density at radius 2 is 1.77 bits per heavy atom. The van der Waals surface area contributed by atoms with Gasteiger partial charge in [0.05, 0.1) is 7.11 Å². The molecule has 0 aromatic heterocycles. The molecule has 0 bridgehead atoms. The van der Waals surface area contributed by atoms with Crippen molar-refractivity contribution in [3.63, 3.8) is 0 Å². The molecule has 0 aliphatic carbocycles. The van der Waals surface area contributed by atoms with Crippen molar-refractivity contribution in [3.05, 3.63) is 0 Å². The molecule has 0 heterocycles. The van der Waals surface area contributed by atoms with E-state index in [2.05, 4.69) is 19.1 Å². The second kappa shape index (κ2) is 5.34. The van der Waals surface area contributed by atoms with Crippen molar-refractivity contribution in [2.45, 2.75) is 5.78 Å². The van der Waals surface area contributed by atoms with Crippen LogP contribution in [0.4, 0.5) is 0 Å². The SMILES string of the molecule is CNC(C(=O)OC)P(=O)(OC)OC. The molecule has 13 heavy (non-hydrogen) atoms. The normalized spacial score (nSPS) is 13.8. The van der Waals surface area contributed by atoms with E-state index in [1.54, 1.807) is 0 Å². The van der Waals surface area contributed by atoms with Gasteiger partial charge in [-0.3, -0.25) is 9.88 Å². The number of hydrogen-bond acceptors (Lipinski definition) is 6. The number of rotatable bonds is 5. The van der Waals surface area contributed by atoms with Crippen molar-refractivity contribution >= 4 is 13.6 Å². The van der Waals surface area contributed by atoms with Crippen LogP contribution in [0.2, 0.25) is 0 Å². The van der Waals surface area contributed by atoms with E-state index >= 15 is 0 Å². The van der Waals surface area contributed by atoms with E-state index in [1.807, 2.05) is 0 Å². The first-order chi connectivity index (χ1) is 6.05. The molecule has 0 fully saturated rings. The van der Waals surface area contributed by atoms with Crippen LogP contribution in [0.25, 0.3) is 0 Å². The Labute approximate surface area is 77.1 Å². The van der Waals surface area contributed by atoms with Gasteiger partial charge in [0.25, 0.3) is 0 Å². The molecule has 0 aliphatic heterocycles. The molecule has 6 nitrogen and oxygen atoms in total. The van der Waals surface area contributed by atoms with E-state index < -0.39 is 19.3 Å². The van der Waals surface area contributed by atoms with Gasteiger partial charge in [-0.25, -0.2) is 4.79 Å². The molecule has 0 amide bonds. The lowest BCUT2D eigenvalue weighted by Gasteiger charge is -2.21. The van der Waals surface area contributed by atoms with Crippen LogP contribution in [0.5, 0.6) is 0 Å². The van der Waals surface area contributed by atoms with Crippen molar-refractivity contribution in [3.8, 4) is 0 Å². The minimum absolute atomic E-state index is 0.686. The fourth-order valence-electron chi connectivity index (χ4n) is 0.802. The van der Waals surface area contributed by atoms with Gasteiger partial charge >= 0.3 is 13.6 Å². The molecule has 0 rings (SSSR count). The third kappa shape index (κ3) is 2.77. The minimum Gasteiger partial charge on any atom is -0.467 e. The molecule has 1 N–H and O–H groups in total. The van der Waals surface area contributed by atoms with E-state index in [0.29, 0.717) is 0 Å². The van der Waals surface area contributed by atoms with Crippen molar-refractivity contribution in [2.75, 3.05) is 28.4 Å². The summed E-state index contributed by atoms with van der Waals surface area (Å²) in [4.78, 5) is 11.1. The van der Waals surface area contributed by atoms with Crippen LogP contribution in [0.15, 0.2) is 0 Å². The third-order valence-corrected chi connectivity index (χ3v) is 3.64. The quantitative estimate of drug-likeness (QED) is 0.517. The van der Waals surface area contributed by atoms with Crippen LogP contribution in [-0.2, 0) is 23.1 Å². The number of carbonyl (C=O) groups excluding carboxylic acids is 1. The molecule has 1 unspecified atom stereocenters. The number of carbonyl (C=O) groups is 1. The Morgan fingerprint density at radius 1 is 1.31 bits per heavy atom. The smallest absolute Gasteiger partial charge is 0.358 e. The van der Waals surface area contributed by atoms with E-state index in [-0.39, 0.29) is 0 Å². The molecular weight excluding hydrogens is 197 g/mol. The largest absolute Gasteiger partial charge is 0.467 e. The van der Waals surface area contributed by atoms with Crippen molar-refractivity contribution in [1.29, 1.82) is 0 Å². The summed E-state index contributed by atoms with van der Waals surface area (Å²) in [6, 6.07) is 0. The molecule has 0 spiro atoms. The summed E-state index contributed by atoms with van der Waals surface area (Å²) < 4.78 is 25.4. The molecule has 0 aromatic carbocycles. The highest BCUT2D eigenvalue weighted by Gasteiger charge is 2.39. The van der Waals surface area contributed by atoms with Crippen molar-refractivity contribution in [2.24, 2.45) is 0 Å². The Hall–Kier alpha value is -0.420. The fraction of sp³-hybridized carbons (Fsp3) is 0.833. The predicted octanol–water partition coefficient (Wildman–Crippen LogP) is 0.191. The van der Waals surface area contributed by atoms with E-state index in [4.69, 9.17) is 0 Å². The van der Waals surface area contributed by atoms with Crippen molar-refractivity contribution in [1.82, 2.24) is 5.32 Å².